The van der Waals surface area contributed by atoms with Crippen molar-refractivity contribution < 1.29 is 9.59 Å². The minimum atomic E-state index is -0.246. The number of hydrogen-bond donors (Lipinski definition) is 2. The van der Waals surface area contributed by atoms with Crippen LogP contribution in [-0.4, -0.2) is 11.8 Å². The standard InChI is InChI=1S/C17H15ClN2O2/c18-13-4-2-6-15(10-13)20-17(22)12-3-1-5-14(9-12)19-16(21)11-7-8-11/h1-6,9-11H,7-8H2,(H,19,21)(H,20,22). The quantitative estimate of drug-likeness (QED) is 0.898. The van der Waals surface area contributed by atoms with Crippen LogP contribution in [0.2, 0.25) is 5.02 Å². The lowest BCUT2D eigenvalue weighted by molar-refractivity contribution is -0.117. The topological polar surface area (TPSA) is 58.2 Å². The van der Waals surface area contributed by atoms with Gasteiger partial charge >= 0.3 is 0 Å². The Morgan fingerprint density at radius 1 is 0.955 bits per heavy atom. The van der Waals surface area contributed by atoms with E-state index in [0.717, 1.165) is 12.8 Å². The molecule has 2 N–H and O–H groups in total. The first-order chi connectivity index (χ1) is 10.6. The molecule has 0 radical (unpaired) electrons. The van der Waals surface area contributed by atoms with Crippen molar-refractivity contribution in [3.63, 3.8) is 0 Å². The van der Waals surface area contributed by atoms with Crippen molar-refractivity contribution in [1.82, 2.24) is 0 Å². The number of carbonyl (C=O) groups is 2. The van der Waals surface area contributed by atoms with Crippen LogP contribution < -0.4 is 10.6 Å². The van der Waals surface area contributed by atoms with Gasteiger partial charge in [0.25, 0.3) is 5.91 Å². The van der Waals surface area contributed by atoms with Crippen LogP contribution in [-0.2, 0) is 4.79 Å². The maximum Gasteiger partial charge on any atom is 0.255 e. The first-order valence-electron chi connectivity index (χ1n) is 7.10. The average molecular weight is 315 g/mol. The summed E-state index contributed by atoms with van der Waals surface area (Å²) in [7, 11) is 0. The molecule has 4 nitrogen and oxygen atoms in total. The molecule has 0 saturated heterocycles. The molecule has 0 aliphatic heterocycles. The second kappa shape index (κ2) is 6.20. The minimum Gasteiger partial charge on any atom is -0.326 e. The predicted octanol–water partition coefficient (Wildman–Crippen LogP) is 3.94. The normalized spacial score (nSPS) is 13.5. The van der Waals surface area contributed by atoms with Crippen molar-refractivity contribution in [2.75, 3.05) is 10.6 Å². The van der Waals surface area contributed by atoms with Crippen molar-refractivity contribution in [2.24, 2.45) is 5.92 Å². The fraction of sp³-hybridized carbons (Fsp3) is 0.176. The lowest BCUT2D eigenvalue weighted by Crippen LogP contribution is -2.15. The third-order valence-electron chi connectivity index (χ3n) is 3.42. The summed E-state index contributed by atoms with van der Waals surface area (Å²) >= 11 is 5.89. The molecule has 112 valence electrons. The number of benzene rings is 2. The van der Waals surface area contributed by atoms with Gasteiger partial charge in [0.2, 0.25) is 5.91 Å². The van der Waals surface area contributed by atoms with Gasteiger partial charge < -0.3 is 10.6 Å². The molecule has 1 saturated carbocycles. The zero-order valence-electron chi connectivity index (χ0n) is 11.8. The summed E-state index contributed by atoms with van der Waals surface area (Å²) in [5, 5.41) is 6.17. The summed E-state index contributed by atoms with van der Waals surface area (Å²) in [5.41, 5.74) is 1.74. The maximum absolute atomic E-state index is 12.2. The first kappa shape index (κ1) is 14.6. The summed E-state index contributed by atoms with van der Waals surface area (Å²) in [5.74, 6) is -0.0962. The van der Waals surface area contributed by atoms with E-state index in [1.807, 2.05) is 0 Å². The van der Waals surface area contributed by atoms with Gasteiger partial charge in [0.05, 0.1) is 0 Å². The van der Waals surface area contributed by atoms with Crippen molar-refractivity contribution >= 4 is 34.8 Å². The summed E-state index contributed by atoms with van der Waals surface area (Å²) in [6.45, 7) is 0. The summed E-state index contributed by atoms with van der Waals surface area (Å²) in [6.07, 6.45) is 1.89. The Morgan fingerprint density at radius 2 is 1.64 bits per heavy atom. The summed E-state index contributed by atoms with van der Waals surface area (Å²) in [4.78, 5) is 24.0. The fourth-order valence-corrected chi connectivity index (χ4v) is 2.29. The highest BCUT2D eigenvalue weighted by atomic mass is 35.5. The highest BCUT2D eigenvalue weighted by molar-refractivity contribution is 6.31. The molecule has 0 spiro atoms. The number of rotatable bonds is 4. The van der Waals surface area contributed by atoms with Crippen LogP contribution in [0.1, 0.15) is 23.2 Å². The number of hydrogen-bond acceptors (Lipinski definition) is 2. The van der Waals surface area contributed by atoms with Gasteiger partial charge in [0.1, 0.15) is 0 Å². The molecule has 2 aromatic carbocycles. The number of nitrogens with one attached hydrogen (secondary N) is 2. The molecule has 2 aromatic rings. The van der Waals surface area contributed by atoms with Gasteiger partial charge in [0.15, 0.2) is 0 Å². The zero-order chi connectivity index (χ0) is 15.5. The van der Waals surface area contributed by atoms with Crippen molar-refractivity contribution in [1.29, 1.82) is 0 Å². The number of halogens is 1. The van der Waals surface area contributed by atoms with E-state index in [1.54, 1.807) is 48.5 Å². The van der Waals surface area contributed by atoms with Crippen LogP contribution in [0, 0.1) is 5.92 Å². The van der Waals surface area contributed by atoms with Crippen molar-refractivity contribution in [3.05, 3.63) is 59.1 Å². The molecule has 1 fully saturated rings. The van der Waals surface area contributed by atoms with E-state index in [-0.39, 0.29) is 17.7 Å². The molecule has 0 heterocycles. The highest BCUT2D eigenvalue weighted by Crippen LogP contribution is 2.30. The van der Waals surface area contributed by atoms with Crippen LogP contribution in [0.15, 0.2) is 48.5 Å². The number of anilines is 2. The molecule has 3 rings (SSSR count). The SMILES string of the molecule is O=C(Nc1cccc(Cl)c1)c1cccc(NC(=O)C2CC2)c1. The van der Waals surface area contributed by atoms with Crippen LogP contribution >= 0.6 is 11.6 Å². The van der Waals surface area contributed by atoms with E-state index in [9.17, 15) is 9.59 Å². The van der Waals surface area contributed by atoms with Gasteiger partial charge in [-0.1, -0.05) is 23.7 Å². The Labute approximate surface area is 133 Å². The number of amides is 2. The Kier molecular flexibility index (Phi) is 4.11. The largest absolute Gasteiger partial charge is 0.326 e. The van der Waals surface area contributed by atoms with E-state index in [4.69, 9.17) is 11.6 Å². The monoisotopic (exact) mass is 314 g/mol. The smallest absolute Gasteiger partial charge is 0.255 e. The minimum absolute atomic E-state index is 0.0207. The molecule has 22 heavy (non-hydrogen) atoms. The van der Waals surface area contributed by atoms with Gasteiger partial charge in [-0.05, 0) is 49.2 Å². The van der Waals surface area contributed by atoms with Crippen molar-refractivity contribution in [2.45, 2.75) is 12.8 Å². The summed E-state index contributed by atoms with van der Waals surface area (Å²) in [6, 6.07) is 13.8. The molecule has 1 aliphatic rings. The van der Waals surface area contributed by atoms with Crippen LogP contribution in [0.4, 0.5) is 11.4 Å². The van der Waals surface area contributed by atoms with Crippen LogP contribution in [0.5, 0.6) is 0 Å². The van der Waals surface area contributed by atoms with Crippen LogP contribution in [0.25, 0.3) is 0 Å². The van der Waals surface area contributed by atoms with Crippen molar-refractivity contribution in [3.8, 4) is 0 Å². The molecular weight excluding hydrogens is 300 g/mol. The Bertz CT molecular complexity index is 726. The molecule has 0 bridgehead atoms. The van der Waals surface area contributed by atoms with E-state index in [1.165, 1.54) is 0 Å². The lowest BCUT2D eigenvalue weighted by Gasteiger charge is -2.08. The molecule has 1 aliphatic carbocycles. The van der Waals surface area contributed by atoms with Gasteiger partial charge in [0, 0.05) is 27.9 Å². The Hall–Kier alpha value is -2.33. The third-order valence-corrected chi connectivity index (χ3v) is 3.66. The van der Waals surface area contributed by atoms with Gasteiger partial charge in [-0.3, -0.25) is 9.59 Å². The van der Waals surface area contributed by atoms with Gasteiger partial charge in [-0.2, -0.15) is 0 Å². The lowest BCUT2D eigenvalue weighted by atomic mass is 10.1. The molecule has 2 amide bonds. The first-order valence-corrected chi connectivity index (χ1v) is 7.47. The van der Waals surface area contributed by atoms with E-state index in [2.05, 4.69) is 10.6 Å². The molecule has 5 heteroatoms. The predicted molar refractivity (Wildman–Crippen MR) is 87.2 cm³/mol. The van der Waals surface area contributed by atoms with E-state index < -0.39 is 0 Å². The third kappa shape index (κ3) is 3.65. The molecule has 0 aromatic heterocycles. The maximum atomic E-state index is 12.2. The Morgan fingerprint density at radius 3 is 2.32 bits per heavy atom. The molecule has 0 unspecified atom stereocenters. The summed E-state index contributed by atoms with van der Waals surface area (Å²) < 4.78 is 0. The number of carbonyl (C=O) groups excluding carboxylic acids is 2. The average Bonchev–Trinajstić information content (AvgIpc) is 3.32. The Balaban J connectivity index is 1.70. The molecular formula is C17H15ClN2O2. The second-order valence-electron chi connectivity index (χ2n) is 5.31. The van der Waals surface area contributed by atoms with E-state index >= 15 is 0 Å². The van der Waals surface area contributed by atoms with E-state index in [0.29, 0.717) is 22.0 Å². The van der Waals surface area contributed by atoms with Gasteiger partial charge in [-0.25, -0.2) is 0 Å². The fourth-order valence-electron chi connectivity index (χ4n) is 2.10. The molecule has 0 atom stereocenters. The zero-order valence-corrected chi connectivity index (χ0v) is 12.6. The second-order valence-corrected chi connectivity index (χ2v) is 5.75. The highest BCUT2D eigenvalue weighted by Gasteiger charge is 2.29. The van der Waals surface area contributed by atoms with Crippen LogP contribution in [0.3, 0.4) is 0 Å². The van der Waals surface area contributed by atoms with Gasteiger partial charge in [-0.15, -0.1) is 0 Å².